The van der Waals surface area contributed by atoms with E-state index in [1.54, 1.807) is 24.3 Å². The Morgan fingerprint density at radius 1 is 1.18 bits per heavy atom. The molecule has 0 spiro atoms. The summed E-state index contributed by atoms with van der Waals surface area (Å²) in [6.45, 7) is 8.35. The van der Waals surface area contributed by atoms with Crippen molar-refractivity contribution in [3.63, 3.8) is 0 Å². The molecule has 0 fully saturated rings. The fourth-order valence-electron chi connectivity index (χ4n) is 2.22. The minimum atomic E-state index is -0.440. The minimum Gasteiger partial charge on any atom is -0.490 e. The van der Waals surface area contributed by atoms with Gasteiger partial charge in [0, 0.05) is 20.2 Å². The second kappa shape index (κ2) is 10.9. The molecular weight excluding hydrogens is 490 g/mol. The lowest BCUT2D eigenvalue weighted by Gasteiger charge is -2.12. The van der Waals surface area contributed by atoms with Crippen LogP contribution >= 0.6 is 31.9 Å². The monoisotopic (exact) mass is 509 g/mol. The smallest absolute Gasteiger partial charge is 0.339 e. The Morgan fingerprint density at radius 3 is 2.61 bits per heavy atom. The SMILES string of the molecule is C=CCOc1cc(Br)c(/C=N/NC(=O)Nc2ccc(Br)c(C)c2)cc1OCC. The third-order valence-electron chi connectivity index (χ3n) is 3.51. The molecule has 0 bridgehead atoms. The minimum absolute atomic E-state index is 0.372. The van der Waals surface area contributed by atoms with Gasteiger partial charge < -0.3 is 14.8 Å². The van der Waals surface area contributed by atoms with E-state index in [0.717, 1.165) is 20.1 Å². The number of rotatable bonds is 8. The van der Waals surface area contributed by atoms with Gasteiger partial charge in [-0.3, -0.25) is 0 Å². The number of hydrogen-bond acceptors (Lipinski definition) is 4. The Bertz CT molecular complexity index is 885. The first-order valence-corrected chi connectivity index (χ1v) is 10.1. The first kappa shape index (κ1) is 22.0. The van der Waals surface area contributed by atoms with Crippen LogP contribution < -0.4 is 20.2 Å². The highest BCUT2D eigenvalue weighted by Crippen LogP contribution is 2.33. The molecule has 0 saturated heterocycles. The maximum Gasteiger partial charge on any atom is 0.339 e. The Morgan fingerprint density at radius 2 is 1.93 bits per heavy atom. The van der Waals surface area contributed by atoms with E-state index in [0.29, 0.717) is 30.4 Å². The molecule has 2 amide bonds. The van der Waals surface area contributed by atoms with Gasteiger partial charge >= 0.3 is 6.03 Å². The number of amides is 2. The molecule has 0 unspecified atom stereocenters. The predicted molar refractivity (Wildman–Crippen MR) is 120 cm³/mol. The molecule has 0 saturated carbocycles. The molecule has 2 aromatic rings. The van der Waals surface area contributed by atoms with Crippen LogP contribution in [0.25, 0.3) is 0 Å². The fraction of sp³-hybridized carbons (Fsp3) is 0.200. The second-order valence-corrected chi connectivity index (χ2v) is 7.35. The molecule has 0 aromatic heterocycles. The van der Waals surface area contributed by atoms with Crippen LogP contribution in [0.5, 0.6) is 11.5 Å². The lowest BCUT2D eigenvalue weighted by Crippen LogP contribution is -2.24. The number of nitrogens with one attached hydrogen (secondary N) is 2. The van der Waals surface area contributed by atoms with Gasteiger partial charge in [-0.2, -0.15) is 5.10 Å². The third kappa shape index (κ3) is 6.38. The van der Waals surface area contributed by atoms with E-state index in [9.17, 15) is 4.79 Å². The number of hydrazone groups is 1. The molecule has 0 aliphatic rings. The van der Waals surface area contributed by atoms with E-state index in [1.165, 1.54) is 6.21 Å². The summed E-state index contributed by atoms with van der Waals surface area (Å²) in [5, 5.41) is 6.72. The zero-order chi connectivity index (χ0) is 20.5. The Hall–Kier alpha value is -2.32. The van der Waals surface area contributed by atoms with Crippen LogP contribution in [0, 0.1) is 6.92 Å². The zero-order valence-corrected chi connectivity index (χ0v) is 18.8. The van der Waals surface area contributed by atoms with Crippen molar-refractivity contribution in [2.24, 2.45) is 5.10 Å². The molecule has 2 rings (SSSR count). The number of nitrogens with zero attached hydrogens (tertiary/aromatic N) is 1. The van der Waals surface area contributed by atoms with Crippen molar-refractivity contribution in [2.45, 2.75) is 13.8 Å². The highest BCUT2D eigenvalue weighted by molar-refractivity contribution is 9.10. The number of aryl methyl sites for hydroxylation is 1. The summed E-state index contributed by atoms with van der Waals surface area (Å²) in [4.78, 5) is 12.0. The van der Waals surface area contributed by atoms with E-state index in [1.807, 2.05) is 26.0 Å². The summed E-state index contributed by atoms with van der Waals surface area (Å²) in [6.07, 6.45) is 3.19. The highest BCUT2D eigenvalue weighted by atomic mass is 79.9. The summed E-state index contributed by atoms with van der Waals surface area (Å²) >= 11 is 6.90. The molecule has 0 aliphatic carbocycles. The number of hydrogen-bond donors (Lipinski definition) is 2. The van der Waals surface area contributed by atoms with Crippen molar-refractivity contribution in [3.05, 3.63) is 63.1 Å². The van der Waals surface area contributed by atoms with E-state index >= 15 is 0 Å². The van der Waals surface area contributed by atoms with Crippen LogP contribution in [0.4, 0.5) is 10.5 Å². The van der Waals surface area contributed by atoms with Crippen molar-refractivity contribution in [1.82, 2.24) is 5.43 Å². The molecule has 8 heteroatoms. The van der Waals surface area contributed by atoms with Crippen LogP contribution in [-0.2, 0) is 0 Å². The number of urea groups is 1. The molecule has 28 heavy (non-hydrogen) atoms. The van der Waals surface area contributed by atoms with Crippen molar-refractivity contribution in [2.75, 3.05) is 18.5 Å². The van der Waals surface area contributed by atoms with Crippen LogP contribution in [0.2, 0.25) is 0 Å². The lowest BCUT2D eigenvalue weighted by molar-refractivity contribution is 0.252. The van der Waals surface area contributed by atoms with Crippen LogP contribution in [0.3, 0.4) is 0 Å². The van der Waals surface area contributed by atoms with Crippen molar-refractivity contribution >= 4 is 49.8 Å². The summed E-state index contributed by atoms with van der Waals surface area (Å²) in [5.74, 6) is 1.19. The van der Waals surface area contributed by atoms with Crippen molar-refractivity contribution in [1.29, 1.82) is 0 Å². The molecule has 0 atom stereocenters. The standard InChI is InChI=1S/C20H21Br2N3O3/c1-4-8-28-19-11-17(22)14(10-18(19)27-5-2)12-23-25-20(26)24-15-6-7-16(21)13(3)9-15/h4,6-7,9-12H,1,5,8H2,2-3H3,(H2,24,25,26)/b23-12+. The van der Waals surface area contributed by atoms with Crippen molar-refractivity contribution < 1.29 is 14.3 Å². The van der Waals surface area contributed by atoms with E-state index in [2.05, 4.69) is 54.3 Å². The molecule has 6 nitrogen and oxygen atoms in total. The van der Waals surface area contributed by atoms with Gasteiger partial charge in [-0.15, -0.1) is 0 Å². The van der Waals surface area contributed by atoms with Gasteiger partial charge in [0.15, 0.2) is 11.5 Å². The third-order valence-corrected chi connectivity index (χ3v) is 5.08. The predicted octanol–water partition coefficient (Wildman–Crippen LogP) is 5.64. The Kier molecular flexibility index (Phi) is 8.53. The fourth-order valence-corrected chi connectivity index (χ4v) is 2.89. The van der Waals surface area contributed by atoms with Gasteiger partial charge in [-0.05, 0) is 65.7 Å². The van der Waals surface area contributed by atoms with Crippen LogP contribution in [0.1, 0.15) is 18.1 Å². The van der Waals surface area contributed by atoms with E-state index < -0.39 is 6.03 Å². The first-order valence-electron chi connectivity index (χ1n) is 8.50. The van der Waals surface area contributed by atoms with Gasteiger partial charge in [-0.1, -0.05) is 28.6 Å². The van der Waals surface area contributed by atoms with E-state index in [4.69, 9.17) is 9.47 Å². The van der Waals surface area contributed by atoms with Crippen LogP contribution in [-0.4, -0.2) is 25.5 Å². The molecule has 0 radical (unpaired) electrons. The maximum atomic E-state index is 12.0. The first-order chi connectivity index (χ1) is 13.4. The molecule has 148 valence electrons. The van der Waals surface area contributed by atoms with Gasteiger partial charge in [0.25, 0.3) is 0 Å². The summed E-state index contributed by atoms with van der Waals surface area (Å²) in [5.41, 5.74) is 4.87. The summed E-state index contributed by atoms with van der Waals surface area (Å²) in [7, 11) is 0. The maximum absolute atomic E-state index is 12.0. The normalized spacial score (nSPS) is 10.6. The van der Waals surface area contributed by atoms with Gasteiger partial charge in [-0.25, -0.2) is 10.2 Å². The number of carbonyl (C=O) groups excluding carboxylic acids is 1. The average Bonchev–Trinajstić information content (AvgIpc) is 2.66. The number of ether oxygens (including phenoxy) is 2. The largest absolute Gasteiger partial charge is 0.490 e. The molecular formula is C20H21Br2N3O3. The Labute approximate surface area is 181 Å². The quantitative estimate of drug-likeness (QED) is 0.274. The Balaban J connectivity index is 2.05. The van der Waals surface area contributed by atoms with E-state index in [-0.39, 0.29) is 0 Å². The van der Waals surface area contributed by atoms with Crippen LogP contribution in [0.15, 0.2) is 57.0 Å². The lowest BCUT2D eigenvalue weighted by atomic mass is 10.2. The highest BCUT2D eigenvalue weighted by Gasteiger charge is 2.10. The molecule has 2 aromatic carbocycles. The number of benzene rings is 2. The molecule has 2 N–H and O–H groups in total. The zero-order valence-electron chi connectivity index (χ0n) is 15.6. The number of anilines is 1. The van der Waals surface area contributed by atoms with Gasteiger partial charge in [0.2, 0.25) is 0 Å². The van der Waals surface area contributed by atoms with Crippen molar-refractivity contribution in [3.8, 4) is 11.5 Å². The van der Waals surface area contributed by atoms with Gasteiger partial charge in [0.05, 0.1) is 12.8 Å². The molecule has 0 aliphatic heterocycles. The average molecular weight is 511 g/mol. The number of carbonyl (C=O) groups is 1. The topological polar surface area (TPSA) is 72.0 Å². The van der Waals surface area contributed by atoms with Gasteiger partial charge in [0.1, 0.15) is 6.61 Å². The molecule has 0 heterocycles. The second-order valence-electron chi connectivity index (χ2n) is 5.64. The number of halogens is 2. The summed E-state index contributed by atoms with van der Waals surface area (Å²) in [6, 6.07) is 8.67. The summed E-state index contributed by atoms with van der Waals surface area (Å²) < 4.78 is 12.9.